The Labute approximate surface area is 190 Å². The zero-order valence-electron chi connectivity index (χ0n) is 17.5. The number of likely N-dealkylation sites (tertiary alicyclic amines) is 1. The van der Waals surface area contributed by atoms with Crippen LogP contribution in [0.5, 0.6) is 5.75 Å². The van der Waals surface area contributed by atoms with Gasteiger partial charge in [0.2, 0.25) is 0 Å². The molecule has 2 aromatic rings. The van der Waals surface area contributed by atoms with Crippen molar-refractivity contribution in [2.24, 2.45) is 0 Å². The first-order valence-corrected chi connectivity index (χ1v) is 10.7. The Morgan fingerprint density at radius 2 is 1.94 bits per heavy atom. The molecule has 4 rings (SSSR count). The Morgan fingerprint density at radius 1 is 1.22 bits per heavy atom. The summed E-state index contributed by atoms with van der Waals surface area (Å²) in [6.07, 6.45) is 0.262. The second-order valence-corrected chi connectivity index (χ2v) is 8.42. The van der Waals surface area contributed by atoms with E-state index in [9.17, 15) is 10.1 Å². The second kappa shape index (κ2) is 8.78. The highest BCUT2D eigenvalue weighted by molar-refractivity contribution is 6.31. The Kier molecular flexibility index (Phi) is 6.06. The smallest absolute Gasteiger partial charge is 0.258 e. The predicted molar refractivity (Wildman–Crippen MR) is 115 cm³/mol. The third-order valence-electron chi connectivity index (χ3n) is 6.20. The van der Waals surface area contributed by atoms with Crippen molar-refractivity contribution in [1.82, 2.24) is 4.90 Å². The van der Waals surface area contributed by atoms with Crippen molar-refractivity contribution in [3.8, 4) is 17.9 Å². The van der Waals surface area contributed by atoms with E-state index in [0.29, 0.717) is 23.7 Å². The van der Waals surface area contributed by atoms with Crippen LogP contribution in [0.4, 0.5) is 4.39 Å². The van der Waals surface area contributed by atoms with Gasteiger partial charge in [0.25, 0.3) is 5.91 Å². The molecule has 8 heteroatoms. The number of rotatable bonds is 4. The molecule has 1 amide bonds. The van der Waals surface area contributed by atoms with Crippen molar-refractivity contribution in [2.45, 2.75) is 24.4 Å². The summed E-state index contributed by atoms with van der Waals surface area (Å²) < 4.78 is 26.6. The summed E-state index contributed by atoms with van der Waals surface area (Å²) in [6, 6.07) is 12.2. The average Bonchev–Trinajstić information content (AvgIpc) is 2.78. The molecule has 2 aliphatic heterocycles. The van der Waals surface area contributed by atoms with Gasteiger partial charge >= 0.3 is 0 Å². The Morgan fingerprint density at radius 3 is 2.53 bits per heavy atom. The third kappa shape index (κ3) is 3.79. The van der Waals surface area contributed by atoms with Crippen molar-refractivity contribution >= 4 is 17.5 Å². The number of amides is 1. The van der Waals surface area contributed by atoms with Gasteiger partial charge < -0.3 is 14.4 Å². The second-order valence-electron chi connectivity index (χ2n) is 8.01. The van der Waals surface area contributed by atoms with E-state index in [1.165, 1.54) is 19.2 Å². The summed E-state index contributed by atoms with van der Waals surface area (Å²) in [7, 11) is 1.38. The zero-order chi connectivity index (χ0) is 22.9. The van der Waals surface area contributed by atoms with Gasteiger partial charge in [-0.3, -0.25) is 4.79 Å². The molecular formula is C24H21ClFN3O3. The summed E-state index contributed by atoms with van der Waals surface area (Å²) in [6.45, 7) is 1.31. The lowest BCUT2D eigenvalue weighted by Crippen LogP contribution is -2.49. The highest BCUT2D eigenvalue weighted by Gasteiger charge is 2.42. The molecule has 0 atom stereocenters. The monoisotopic (exact) mass is 453 g/mol. The summed E-state index contributed by atoms with van der Waals surface area (Å²) in [5.74, 6) is -0.271. The standard InChI is InChI=1S/C24H21ClFN3O3/c1-31-22-16(12-28)3-5-19(24(26)6-8-32-9-7-24)21(22)23(30)29-13-17(14-29)18-4-2-15(11-27)10-20(18)25/h2-5,10,17H,6-9,13-14H2,1H3. The molecule has 0 bridgehead atoms. The van der Waals surface area contributed by atoms with E-state index in [1.54, 1.807) is 23.1 Å². The number of hydrogen-bond acceptors (Lipinski definition) is 5. The quantitative estimate of drug-likeness (QED) is 0.688. The number of ether oxygens (including phenoxy) is 2. The lowest BCUT2D eigenvalue weighted by Gasteiger charge is -2.41. The number of alkyl halides is 1. The van der Waals surface area contributed by atoms with Crippen molar-refractivity contribution < 1.29 is 18.7 Å². The summed E-state index contributed by atoms with van der Waals surface area (Å²) in [5, 5.41) is 19.0. The highest BCUT2D eigenvalue weighted by atomic mass is 35.5. The molecule has 0 aliphatic carbocycles. The van der Waals surface area contributed by atoms with Gasteiger partial charge in [-0.1, -0.05) is 23.7 Å². The Bertz CT molecular complexity index is 1140. The number of hydrogen-bond donors (Lipinski definition) is 0. The molecule has 0 N–H and O–H groups in total. The molecule has 0 radical (unpaired) electrons. The number of methoxy groups -OCH3 is 1. The molecule has 0 spiro atoms. The van der Waals surface area contributed by atoms with Crippen LogP contribution in [0.3, 0.4) is 0 Å². The summed E-state index contributed by atoms with van der Waals surface area (Å²) in [4.78, 5) is 15.1. The zero-order valence-corrected chi connectivity index (χ0v) is 18.3. The SMILES string of the molecule is COc1c(C#N)ccc(C2(F)CCOCC2)c1C(=O)N1CC(c2ccc(C#N)cc2Cl)C1. The molecule has 2 saturated heterocycles. The average molecular weight is 454 g/mol. The van der Waals surface area contributed by atoms with E-state index in [1.807, 2.05) is 12.1 Å². The van der Waals surface area contributed by atoms with Gasteiger partial charge in [0, 0.05) is 55.6 Å². The first kappa shape index (κ1) is 22.1. The number of benzene rings is 2. The van der Waals surface area contributed by atoms with E-state index in [0.717, 1.165) is 5.56 Å². The first-order valence-electron chi connectivity index (χ1n) is 10.3. The maximum absolute atomic E-state index is 15.9. The maximum atomic E-state index is 15.9. The van der Waals surface area contributed by atoms with E-state index in [2.05, 4.69) is 0 Å². The van der Waals surface area contributed by atoms with Gasteiger partial charge in [-0.15, -0.1) is 0 Å². The molecule has 2 heterocycles. The fraction of sp³-hybridized carbons (Fsp3) is 0.375. The van der Waals surface area contributed by atoms with Crippen molar-refractivity contribution in [1.29, 1.82) is 10.5 Å². The first-order chi connectivity index (χ1) is 15.4. The molecule has 164 valence electrons. The van der Waals surface area contributed by atoms with Gasteiger partial charge in [-0.05, 0) is 23.8 Å². The van der Waals surface area contributed by atoms with Crippen LogP contribution in [0.25, 0.3) is 0 Å². The molecule has 6 nitrogen and oxygen atoms in total. The van der Waals surface area contributed by atoms with Gasteiger partial charge in [0.15, 0.2) is 0 Å². The van der Waals surface area contributed by atoms with Gasteiger partial charge in [-0.25, -0.2) is 4.39 Å². The van der Waals surface area contributed by atoms with Crippen molar-refractivity contribution in [2.75, 3.05) is 33.4 Å². The van der Waals surface area contributed by atoms with Gasteiger partial charge in [0.05, 0.1) is 29.9 Å². The van der Waals surface area contributed by atoms with Crippen LogP contribution in [0.15, 0.2) is 30.3 Å². The van der Waals surface area contributed by atoms with Crippen molar-refractivity contribution in [3.05, 3.63) is 63.2 Å². The maximum Gasteiger partial charge on any atom is 0.258 e. The minimum Gasteiger partial charge on any atom is -0.495 e. The predicted octanol–water partition coefficient (Wildman–Crippen LogP) is 4.31. The normalized spacial score (nSPS) is 17.7. The molecule has 2 fully saturated rings. The highest BCUT2D eigenvalue weighted by Crippen LogP contribution is 2.43. The minimum atomic E-state index is -1.73. The largest absolute Gasteiger partial charge is 0.495 e. The van der Waals surface area contributed by atoms with E-state index in [-0.39, 0.29) is 60.3 Å². The van der Waals surface area contributed by atoms with Crippen LogP contribution in [0, 0.1) is 22.7 Å². The van der Waals surface area contributed by atoms with Crippen molar-refractivity contribution in [3.63, 3.8) is 0 Å². The van der Waals surface area contributed by atoms with E-state index in [4.69, 9.17) is 26.3 Å². The van der Waals surface area contributed by atoms with Crippen LogP contribution >= 0.6 is 11.6 Å². The Balaban J connectivity index is 1.65. The minimum absolute atomic E-state index is 0.00945. The van der Waals surface area contributed by atoms with Gasteiger partial charge in [0.1, 0.15) is 17.5 Å². The molecular weight excluding hydrogens is 433 g/mol. The molecule has 2 aromatic carbocycles. The number of carbonyl (C=O) groups is 1. The summed E-state index contributed by atoms with van der Waals surface area (Å²) in [5.41, 5.74) is 0.118. The third-order valence-corrected chi connectivity index (χ3v) is 6.53. The molecule has 2 aliphatic rings. The molecule has 32 heavy (non-hydrogen) atoms. The molecule has 0 aromatic heterocycles. The van der Waals surface area contributed by atoms with Crippen LogP contribution in [-0.4, -0.2) is 44.2 Å². The van der Waals surface area contributed by atoms with Crippen LogP contribution in [0.2, 0.25) is 5.02 Å². The lowest BCUT2D eigenvalue weighted by atomic mass is 9.82. The number of halogens is 2. The van der Waals surface area contributed by atoms with Crippen LogP contribution in [0.1, 0.15) is 51.4 Å². The topological polar surface area (TPSA) is 86.3 Å². The van der Waals surface area contributed by atoms with Gasteiger partial charge in [-0.2, -0.15) is 10.5 Å². The Hall–Kier alpha value is -3.13. The summed E-state index contributed by atoms with van der Waals surface area (Å²) >= 11 is 6.32. The van der Waals surface area contributed by atoms with E-state index < -0.39 is 5.67 Å². The van der Waals surface area contributed by atoms with Crippen LogP contribution < -0.4 is 4.74 Å². The molecule has 0 unspecified atom stereocenters. The lowest BCUT2D eigenvalue weighted by molar-refractivity contribution is -0.0123. The van der Waals surface area contributed by atoms with Crippen LogP contribution in [-0.2, 0) is 10.4 Å². The fourth-order valence-electron chi connectivity index (χ4n) is 4.36. The number of nitrogens with zero attached hydrogens (tertiary/aromatic N) is 3. The number of nitriles is 2. The molecule has 0 saturated carbocycles. The fourth-order valence-corrected chi connectivity index (χ4v) is 4.69. The van der Waals surface area contributed by atoms with E-state index >= 15 is 4.39 Å². The number of carbonyl (C=O) groups excluding carboxylic acids is 1.